The molecule has 1 rings (SSSR count). The van der Waals surface area contributed by atoms with Crippen LogP contribution in [-0.2, 0) is 0 Å². The normalized spacial score (nSPS) is 38.1. The summed E-state index contributed by atoms with van der Waals surface area (Å²) in [6, 6.07) is 0. The summed E-state index contributed by atoms with van der Waals surface area (Å²) in [5.74, 6) is 0. The summed E-state index contributed by atoms with van der Waals surface area (Å²) in [5, 5.41) is 19.1. The minimum Gasteiger partial charge on any atom is -0.386 e. The number of rotatable bonds is 0. The molecule has 0 bridgehead atoms. The highest BCUT2D eigenvalue weighted by Gasteiger charge is 2.32. The number of aliphatic hydroxyl groups excluding tert-OH is 1. The van der Waals surface area contributed by atoms with Gasteiger partial charge in [0.05, 0.1) is 0 Å². The Bertz CT molecular complexity index is 224. The Morgan fingerprint density at radius 2 is 2.00 bits per heavy atom. The first-order chi connectivity index (χ1) is 4.94. The van der Waals surface area contributed by atoms with Crippen LogP contribution in [0.15, 0.2) is 23.3 Å². The summed E-state index contributed by atoms with van der Waals surface area (Å²) in [6.45, 7) is 5.34. The quantitative estimate of drug-likeness (QED) is 0.546. The molecule has 2 nitrogen and oxygen atoms in total. The Morgan fingerprint density at radius 1 is 1.45 bits per heavy atom. The average molecular weight is 154 g/mol. The van der Waals surface area contributed by atoms with Crippen molar-refractivity contribution in [3.8, 4) is 0 Å². The standard InChI is InChI=1S/C9H14O2/c1-6-4-7(2)9(3,11)8(10)5-6/h4-5,8,10-11H,1-3H3/t8-,9+/m1/s1. The first kappa shape index (κ1) is 8.50. The van der Waals surface area contributed by atoms with E-state index in [9.17, 15) is 10.2 Å². The monoisotopic (exact) mass is 154 g/mol. The maximum Gasteiger partial charge on any atom is 0.112 e. The van der Waals surface area contributed by atoms with E-state index in [0.29, 0.717) is 0 Å². The SMILES string of the molecule is CC1=C[C@@H](O)[C@@](C)(O)C(C)=C1. The first-order valence-corrected chi connectivity index (χ1v) is 3.72. The molecule has 2 heteroatoms. The number of hydrogen-bond donors (Lipinski definition) is 2. The number of allylic oxidation sites excluding steroid dienone is 2. The van der Waals surface area contributed by atoms with Crippen LogP contribution in [0.25, 0.3) is 0 Å². The average Bonchev–Trinajstić information content (AvgIpc) is 1.84. The van der Waals surface area contributed by atoms with Crippen molar-refractivity contribution < 1.29 is 10.2 Å². The lowest BCUT2D eigenvalue weighted by molar-refractivity contribution is -0.0106. The highest BCUT2D eigenvalue weighted by molar-refractivity contribution is 5.34. The maximum atomic E-state index is 9.67. The molecule has 0 aromatic carbocycles. The van der Waals surface area contributed by atoms with Gasteiger partial charge in [-0.15, -0.1) is 0 Å². The molecule has 11 heavy (non-hydrogen) atoms. The largest absolute Gasteiger partial charge is 0.386 e. The zero-order valence-electron chi connectivity index (χ0n) is 7.13. The molecule has 0 aliphatic heterocycles. The van der Waals surface area contributed by atoms with Crippen LogP contribution in [0.4, 0.5) is 0 Å². The van der Waals surface area contributed by atoms with Crippen LogP contribution >= 0.6 is 0 Å². The van der Waals surface area contributed by atoms with Gasteiger partial charge < -0.3 is 10.2 Å². The summed E-state index contributed by atoms with van der Waals surface area (Å²) < 4.78 is 0. The van der Waals surface area contributed by atoms with E-state index < -0.39 is 11.7 Å². The molecule has 0 heterocycles. The fourth-order valence-corrected chi connectivity index (χ4v) is 1.18. The van der Waals surface area contributed by atoms with E-state index in [1.165, 1.54) is 0 Å². The predicted molar refractivity (Wildman–Crippen MR) is 44.1 cm³/mol. The summed E-state index contributed by atoms with van der Waals surface area (Å²) in [4.78, 5) is 0. The Kier molecular flexibility index (Phi) is 1.90. The highest BCUT2D eigenvalue weighted by Crippen LogP contribution is 2.27. The van der Waals surface area contributed by atoms with Crippen molar-refractivity contribution in [2.24, 2.45) is 0 Å². The second kappa shape index (κ2) is 2.47. The minimum absolute atomic E-state index is 0.771. The van der Waals surface area contributed by atoms with Crippen LogP contribution in [-0.4, -0.2) is 21.9 Å². The third-order valence-electron chi connectivity index (χ3n) is 2.24. The lowest BCUT2D eigenvalue weighted by atomic mass is 9.85. The van der Waals surface area contributed by atoms with Gasteiger partial charge in [0, 0.05) is 0 Å². The summed E-state index contributed by atoms with van der Waals surface area (Å²) >= 11 is 0. The molecule has 1 aliphatic rings. The molecule has 62 valence electrons. The predicted octanol–water partition coefficient (Wildman–Crippen LogP) is 1.00. The van der Waals surface area contributed by atoms with Gasteiger partial charge in [-0.2, -0.15) is 0 Å². The van der Waals surface area contributed by atoms with E-state index in [0.717, 1.165) is 11.1 Å². The Balaban J connectivity index is 3.01. The van der Waals surface area contributed by atoms with Gasteiger partial charge in [-0.05, 0) is 26.3 Å². The molecule has 1 aliphatic carbocycles. The molecule has 0 amide bonds. The molecule has 2 N–H and O–H groups in total. The fourth-order valence-electron chi connectivity index (χ4n) is 1.18. The molecule has 0 fully saturated rings. The van der Waals surface area contributed by atoms with E-state index >= 15 is 0 Å². The van der Waals surface area contributed by atoms with E-state index in [-0.39, 0.29) is 0 Å². The van der Waals surface area contributed by atoms with Gasteiger partial charge in [-0.25, -0.2) is 0 Å². The molecule has 0 aromatic heterocycles. The topological polar surface area (TPSA) is 40.5 Å². The zero-order chi connectivity index (χ0) is 8.65. The van der Waals surface area contributed by atoms with E-state index in [1.807, 2.05) is 19.9 Å². The summed E-state index contributed by atoms with van der Waals surface area (Å²) in [7, 11) is 0. The van der Waals surface area contributed by atoms with E-state index in [4.69, 9.17) is 0 Å². The molecule has 0 saturated carbocycles. The molecular formula is C9H14O2. The van der Waals surface area contributed by atoms with Crippen LogP contribution in [0, 0.1) is 0 Å². The van der Waals surface area contributed by atoms with Gasteiger partial charge in [0.2, 0.25) is 0 Å². The molecule has 0 saturated heterocycles. The second-order valence-corrected chi connectivity index (χ2v) is 3.33. The number of aliphatic hydroxyl groups is 2. The van der Waals surface area contributed by atoms with Gasteiger partial charge in [0.25, 0.3) is 0 Å². The zero-order valence-corrected chi connectivity index (χ0v) is 7.13. The van der Waals surface area contributed by atoms with Gasteiger partial charge in [0.1, 0.15) is 11.7 Å². The minimum atomic E-state index is -1.08. The van der Waals surface area contributed by atoms with Crippen molar-refractivity contribution in [2.45, 2.75) is 32.5 Å². The molecule has 0 radical (unpaired) electrons. The Labute approximate surface area is 66.9 Å². The van der Waals surface area contributed by atoms with Gasteiger partial charge in [0.15, 0.2) is 0 Å². The van der Waals surface area contributed by atoms with Crippen molar-refractivity contribution in [3.05, 3.63) is 23.3 Å². The van der Waals surface area contributed by atoms with E-state index in [2.05, 4.69) is 0 Å². The van der Waals surface area contributed by atoms with Crippen LogP contribution in [0.3, 0.4) is 0 Å². The molecule has 0 unspecified atom stereocenters. The molecule has 2 atom stereocenters. The second-order valence-electron chi connectivity index (χ2n) is 3.33. The van der Waals surface area contributed by atoms with Gasteiger partial charge in [-0.1, -0.05) is 17.7 Å². The van der Waals surface area contributed by atoms with Crippen LogP contribution in [0.5, 0.6) is 0 Å². The van der Waals surface area contributed by atoms with Crippen LogP contribution in [0.1, 0.15) is 20.8 Å². The lowest BCUT2D eigenvalue weighted by Crippen LogP contribution is -2.40. The van der Waals surface area contributed by atoms with Gasteiger partial charge in [-0.3, -0.25) is 0 Å². The summed E-state index contributed by atoms with van der Waals surface area (Å²) in [5.41, 5.74) is 0.728. The van der Waals surface area contributed by atoms with Crippen LogP contribution < -0.4 is 0 Å². The Morgan fingerprint density at radius 3 is 2.45 bits per heavy atom. The smallest absolute Gasteiger partial charge is 0.112 e. The lowest BCUT2D eigenvalue weighted by Gasteiger charge is -2.31. The van der Waals surface area contributed by atoms with Crippen molar-refractivity contribution in [2.75, 3.05) is 0 Å². The molecule has 0 spiro atoms. The third kappa shape index (κ3) is 1.37. The molecular weight excluding hydrogens is 140 g/mol. The maximum absolute atomic E-state index is 9.67. The highest BCUT2D eigenvalue weighted by atomic mass is 16.3. The first-order valence-electron chi connectivity index (χ1n) is 3.72. The van der Waals surface area contributed by atoms with Crippen molar-refractivity contribution in [3.63, 3.8) is 0 Å². The fraction of sp³-hybridized carbons (Fsp3) is 0.556. The van der Waals surface area contributed by atoms with Crippen molar-refractivity contribution in [1.82, 2.24) is 0 Å². The number of hydrogen-bond acceptors (Lipinski definition) is 2. The third-order valence-corrected chi connectivity index (χ3v) is 2.24. The van der Waals surface area contributed by atoms with Crippen LogP contribution in [0.2, 0.25) is 0 Å². The van der Waals surface area contributed by atoms with Gasteiger partial charge >= 0.3 is 0 Å². The molecule has 0 aromatic rings. The summed E-state index contributed by atoms with van der Waals surface area (Å²) in [6.07, 6.45) is 2.77. The van der Waals surface area contributed by atoms with Crippen molar-refractivity contribution in [1.29, 1.82) is 0 Å². The van der Waals surface area contributed by atoms with Crippen molar-refractivity contribution >= 4 is 0 Å². The van der Waals surface area contributed by atoms with E-state index in [1.54, 1.807) is 13.0 Å². The Hall–Kier alpha value is -0.600.